The lowest BCUT2D eigenvalue weighted by Crippen LogP contribution is -2.41. The van der Waals surface area contributed by atoms with Crippen LogP contribution in [0.3, 0.4) is 0 Å². The number of carbonyl (C=O) groups excluding carboxylic acids is 2. The average molecular weight is 392 g/mol. The number of carboxylic acids is 1. The van der Waals surface area contributed by atoms with E-state index in [1.54, 1.807) is 0 Å². The minimum Gasteiger partial charge on any atom is -0.481 e. The normalized spacial score (nSPS) is 31.5. The summed E-state index contributed by atoms with van der Waals surface area (Å²) < 4.78 is 5.68. The SMILES string of the molecule is CC[C@H]1CCc2c(sc(NC(=O)[C@@H]3[C@@H](C(=O)O)[C@@H]4CC[C@@H]3O4)c2C(N)=O)C1. The van der Waals surface area contributed by atoms with E-state index in [9.17, 15) is 19.5 Å². The largest absolute Gasteiger partial charge is 0.481 e. The monoisotopic (exact) mass is 392 g/mol. The van der Waals surface area contributed by atoms with Gasteiger partial charge in [0.25, 0.3) is 5.91 Å². The molecule has 1 aliphatic carbocycles. The van der Waals surface area contributed by atoms with Crippen molar-refractivity contribution in [1.82, 2.24) is 0 Å². The van der Waals surface area contributed by atoms with Gasteiger partial charge in [0.15, 0.2) is 0 Å². The molecule has 3 heterocycles. The highest BCUT2D eigenvalue weighted by molar-refractivity contribution is 7.17. The summed E-state index contributed by atoms with van der Waals surface area (Å²) in [6.45, 7) is 2.15. The van der Waals surface area contributed by atoms with Gasteiger partial charge in [0.2, 0.25) is 5.91 Å². The molecule has 4 N–H and O–H groups in total. The number of anilines is 1. The third kappa shape index (κ3) is 3.04. The number of nitrogens with one attached hydrogen (secondary N) is 1. The number of aliphatic carboxylic acids is 1. The first-order valence-corrected chi connectivity index (χ1v) is 10.4. The number of thiophene rings is 1. The van der Waals surface area contributed by atoms with Crippen molar-refractivity contribution in [2.45, 2.75) is 57.7 Å². The predicted molar refractivity (Wildman–Crippen MR) is 99.8 cm³/mol. The van der Waals surface area contributed by atoms with Crippen molar-refractivity contribution in [3.8, 4) is 0 Å². The average Bonchev–Trinajstić information content (AvgIpc) is 3.32. The van der Waals surface area contributed by atoms with E-state index in [4.69, 9.17) is 10.5 Å². The molecule has 0 radical (unpaired) electrons. The van der Waals surface area contributed by atoms with Gasteiger partial charge in [-0.1, -0.05) is 13.3 Å². The third-order valence-corrected chi connectivity index (χ3v) is 7.46. The molecule has 2 bridgehead atoms. The maximum atomic E-state index is 12.9. The zero-order chi connectivity index (χ0) is 19.3. The molecule has 2 aliphatic heterocycles. The van der Waals surface area contributed by atoms with Crippen LogP contribution in [-0.4, -0.2) is 35.1 Å². The van der Waals surface area contributed by atoms with Crippen molar-refractivity contribution in [3.05, 3.63) is 16.0 Å². The molecule has 8 heteroatoms. The Morgan fingerprint density at radius 2 is 1.93 bits per heavy atom. The van der Waals surface area contributed by atoms with Crippen molar-refractivity contribution in [2.75, 3.05) is 5.32 Å². The van der Waals surface area contributed by atoms with Gasteiger partial charge in [-0.2, -0.15) is 0 Å². The van der Waals surface area contributed by atoms with Crippen LogP contribution in [0.2, 0.25) is 0 Å². The second-order valence-electron chi connectivity index (χ2n) is 7.76. The first-order chi connectivity index (χ1) is 12.9. The summed E-state index contributed by atoms with van der Waals surface area (Å²) in [7, 11) is 0. The van der Waals surface area contributed by atoms with E-state index in [-0.39, 0.29) is 12.0 Å². The zero-order valence-electron chi connectivity index (χ0n) is 15.2. The first-order valence-electron chi connectivity index (χ1n) is 9.54. The standard InChI is InChI=1S/C19H24N2O5S/c1-2-8-3-4-9-12(7-8)27-18(13(9)16(20)22)21-17(23)14-10-5-6-11(26-10)15(14)19(24)25/h8,10-11,14-15H,2-7H2,1H3,(H2,20,22)(H,21,23)(H,24,25)/t8-,10-,11-,14-,15-/m0/s1. The minimum atomic E-state index is -1.01. The summed E-state index contributed by atoms with van der Waals surface area (Å²) in [5.41, 5.74) is 6.96. The van der Waals surface area contributed by atoms with Gasteiger partial charge in [-0.15, -0.1) is 11.3 Å². The maximum Gasteiger partial charge on any atom is 0.310 e. The van der Waals surface area contributed by atoms with Crippen LogP contribution in [-0.2, 0) is 27.2 Å². The van der Waals surface area contributed by atoms with Crippen molar-refractivity contribution >= 4 is 34.1 Å². The molecular weight excluding hydrogens is 368 g/mol. The lowest BCUT2D eigenvalue weighted by Gasteiger charge is -2.23. The van der Waals surface area contributed by atoms with Crippen molar-refractivity contribution < 1.29 is 24.2 Å². The van der Waals surface area contributed by atoms with Crippen LogP contribution >= 0.6 is 11.3 Å². The Balaban J connectivity index is 1.61. The second kappa shape index (κ2) is 6.91. The summed E-state index contributed by atoms with van der Waals surface area (Å²) in [6.07, 6.45) is 4.35. The van der Waals surface area contributed by atoms with E-state index < -0.39 is 29.8 Å². The number of hydrogen-bond donors (Lipinski definition) is 3. The van der Waals surface area contributed by atoms with Crippen LogP contribution in [0.5, 0.6) is 0 Å². The van der Waals surface area contributed by atoms with E-state index >= 15 is 0 Å². The smallest absolute Gasteiger partial charge is 0.310 e. The van der Waals surface area contributed by atoms with Crippen molar-refractivity contribution in [3.63, 3.8) is 0 Å². The number of amides is 2. The van der Waals surface area contributed by atoms with E-state index in [1.807, 2.05) is 0 Å². The van der Waals surface area contributed by atoms with Crippen LogP contribution in [0.25, 0.3) is 0 Å². The maximum absolute atomic E-state index is 12.9. The summed E-state index contributed by atoms with van der Waals surface area (Å²) in [6, 6.07) is 0. The predicted octanol–water partition coefficient (Wildman–Crippen LogP) is 2.18. The zero-order valence-corrected chi connectivity index (χ0v) is 16.0. The lowest BCUT2D eigenvalue weighted by molar-refractivity contribution is -0.147. The molecule has 0 spiro atoms. The number of nitrogens with two attached hydrogens (primary N) is 1. The molecule has 4 rings (SSSR count). The van der Waals surface area contributed by atoms with Crippen LogP contribution in [0.15, 0.2) is 0 Å². The van der Waals surface area contributed by atoms with Gasteiger partial charge < -0.3 is 20.9 Å². The molecular formula is C19H24N2O5S. The molecule has 2 fully saturated rings. The van der Waals surface area contributed by atoms with Gasteiger partial charge in [-0.25, -0.2) is 0 Å². The number of ether oxygens (including phenoxy) is 1. The van der Waals surface area contributed by atoms with Gasteiger partial charge >= 0.3 is 5.97 Å². The number of fused-ring (bicyclic) bond motifs is 3. The fourth-order valence-electron chi connectivity index (χ4n) is 4.87. The molecule has 5 atom stereocenters. The van der Waals surface area contributed by atoms with Crippen molar-refractivity contribution in [2.24, 2.45) is 23.5 Å². The topological polar surface area (TPSA) is 119 Å². The molecule has 0 saturated carbocycles. The number of carbonyl (C=O) groups is 3. The van der Waals surface area contributed by atoms with Gasteiger partial charge in [0.05, 0.1) is 29.6 Å². The van der Waals surface area contributed by atoms with E-state index in [1.165, 1.54) is 11.3 Å². The lowest BCUT2D eigenvalue weighted by atomic mass is 9.78. The molecule has 7 nitrogen and oxygen atoms in total. The quantitative estimate of drug-likeness (QED) is 0.710. The van der Waals surface area contributed by atoms with Gasteiger partial charge in [0.1, 0.15) is 5.00 Å². The number of carboxylic acid groups (broad SMARTS) is 1. The fraction of sp³-hybridized carbons (Fsp3) is 0.632. The third-order valence-electron chi connectivity index (χ3n) is 6.29. The van der Waals surface area contributed by atoms with Crippen molar-refractivity contribution in [1.29, 1.82) is 0 Å². The summed E-state index contributed by atoms with van der Waals surface area (Å²) in [4.78, 5) is 37.7. The van der Waals surface area contributed by atoms with E-state index in [0.29, 0.717) is 29.3 Å². The molecule has 1 aromatic heterocycles. The molecule has 1 aromatic rings. The molecule has 27 heavy (non-hydrogen) atoms. The molecule has 0 unspecified atom stereocenters. The molecule has 146 valence electrons. The summed E-state index contributed by atoms with van der Waals surface area (Å²) in [5.74, 6) is -2.92. The molecule has 0 aromatic carbocycles. The Kier molecular flexibility index (Phi) is 4.71. The highest BCUT2D eigenvalue weighted by atomic mass is 32.1. The van der Waals surface area contributed by atoms with Crippen LogP contribution in [0.1, 0.15) is 53.4 Å². The van der Waals surface area contributed by atoms with Gasteiger partial charge in [0, 0.05) is 4.88 Å². The highest BCUT2D eigenvalue weighted by Crippen LogP contribution is 2.45. The van der Waals surface area contributed by atoms with Gasteiger partial charge in [-0.05, 0) is 43.6 Å². The first kappa shape index (κ1) is 18.4. The minimum absolute atomic E-state index is 0.368. The Morgan fingerprint density at radius 1 is 1.22 bits per heavy atom. The Hall–Kier alpha value is -1.93. The number of hydrogen-bond acceptors (Lipinski definition) is 5. The summed E-state index contributed by atoms with van der Waals surface area (Å²) in [5, 5.41) is 12.8. The number of primary amides is 1. The second-order valence-corrected chi connectivity index (χ2v) is 8.86. The van der Waals surface area contributed by atoms with E-state index in [0.717, 1.165) is 36.1 Å². The Labute approximate surface area is 161 Å². The van der Waals surface area contributed by atoms with Crippen LogP contribution in [0, 0.1) is 17.8 Å². The Bertz CT molecular complexity index is 804. The summed E-state index contributed by atoms with van der Waals surface area (Å²) >= 11 is 1.41. The van der Waals surface area contributed by atoms with Crippen LogP contribution in [0.4, 0.5) is 5.00 Å². The van der Waals surface area contributed by atoms with Gasteiger partial charge in [-0.3, -0.25) is 14.4 Å². The fourth-order valence-corrected chi connectivity index (χ4v) is 6.24. The number of rotatable bonds is 5. The Morgan fingerprint density at radius 3 is 2.56 bits per heavy atom. The van der Waals surface area contributed by atoms with Crippen LogP contribution < -0.4 is 11.1 Å². The molecule has 3 aliphatic rings. The molecule has 2 saturated heterocycles. The molecule has 2 amide bonds. The van der Waals surface area contributed by atoms with E-state index in [2.05, 4.69) is 12.2 Å². The highest BCUT2D eigenvalue weighted by Gasteiger charge is 2.55.